The third kappa shape index (κ3) is 163. The normalized spacial score (nSPS) is 7.07. The van der Waals surface area contributed by atoms with E-state index in [1.165, 1.54) is 0 Å². The quantitative estimate of drug-likeness (QED) is 0.727. The van der Waals surface area contributed by atoms with Crippen molar-refractivity contribution in [3.8, 4) is 0 Å². The summed E-state index contributed by atoms with van der Waals surface area (Å²) >= 11 is 0. The minimum atomic E-state index is -0.220. The van der Waals surface area contributed by atoms with Crippen molar-refractivity contribution in [3.05, 3.63) is 0 Å². The minimum Gasteiger partial charge on any atom is -0.397 e. The summed E-state index contributed by atoms with van der Waals surface area (Å²) in [6.07, 6.45) is 0. The highest BCUT2D eigenvalue weighted by Crippen LogP contribution is 1.89. The summed E-state index contributed by atoms with van der Waals surface area (Å²) in [6.45, 7) is 11.4. The van der Waals surface area contributed by atoms with Gasteiger partial charge in [-0.3, -0.25) is 4.52 Å². The van der Waals surface area contributed by atoms with Crippen molar-refractivity contribution >= 4 is 8.69 Å². The van der Waals surface area contributed by atoms with Crippen LogP contribution in [0.3, 0.4) is 0 Å². The van der Waals surface area contributed by atoms with Crippen molar-refractivity contribution in [2.45, 2.75) is 34.6 Å². The maximum Gasteiger partial charge on any atom is 0.327 e. The van der Waals surface area contributed by atoms with Crippen molar-refractivity contribution in [2.75, 3.05) is 26.8 Å². The van der Waals surface area contributed by atoms with E-state index >= 15 is 0 Å². The SMILES string of the molecule is CC.CCNC.CCO.CCOP=O. The summed E-state index contributed by atoms with van der Waals surface area (Å²) in [5.74, 6) is 0. The molecule has 0 aliphatic rings. The zero-order chi connectivity index (χ0) is 12.2. The molecule has 0 heterocycles. The average Bonchev–Trinajstić information content (AvgIpc) is 2.24. The van der Waals surface area contributed by atoms with Crippen molar-refractivity contribution < 1.29 is 14.2 Å². The fourth-order valence-electron chi connectivity index (χ4n) is 0.0527. The highest BCUT2D eigenvalue weighted by molar-refractivity contribution is 7.17. The molecule has 0 saturated heterocycles. The fraction of sp³-hybridized carbons (Fsp3) is 1.00. The third-order valence-electron chi connectivity index (χ3n) is 0.535. The molecule has 0 radical (unpaired) electrons. The summed E-state index contributed by atoms with van der Waals surface area (Å²) in [5, 5.41) is 10.5. The van der Waals surface area contributed by atoms with E-state index in [-0.39, 0.29) is 15.3 Å². The maximum atomic E-state index is 9.28. The molecule has 90 valence electrons. The van der Waals surface area contributed by atoms with Crippen LogP contribution in [-0.4, -0.2) is 31.9 Å². The Hall–Kier alpha value is -0.0200. The van der Waals surface area contributed by atoms with Crippen molar-refractivity contribution in [1.29, 1.82) is 0 Å². The second-order valence-corrected chi connectivity index (χ2v) is 1.92. The molecule has 0 aromatic carbocycles. The monoisotopic (exact) mass is 227 g/mol. The molecule has 0 amide bonds. The van der Waals surface area contributed by atoms with Gasteiger partial charge in [-0.25, -0.2) is 4.57 Å². The second-order valence-electron chi connectivity index (χ2n) is 1.52. The molecule has 5 heteroatoms. The first-order chi connectivity index (χ1) is 6.74. The summed E-state index contributed by atoms with van der Waals surface area (Å²) < 4.78 is 13.5. The Morgan fingerprint density at radius 2 is 1.57 bits per heavy atom. The Labute approximate surface area is 90.3 Å². The van der Waals surface area contributed by atoms with E-state index in [0.29, 0.717) is 6.61 Å². The molecule has 0 aliphatic heterocycles. The van der Waals surface area contributed by atoms with E-state index in [4.69, 9.17) is 5.11 Å². The molecule has 0 spiro atoms. The number of aliphatic hydroxyl groups excluding tert-OH is 1. The van der Waals surface area contributed by atoms with Crippen LogP contribution in [0, 0.1) is 0 Å². The smallest absolute Gasteiger partial charge is 0.327 e. The van der Waals surface area contributed by atoms with Crippen LogP contribution in [-0.2, 0) is 9.09 Å². The molecule has 0 aliphatic carbocycles. The zero-order valence-corrected chi connectivity index (χ0v) is 11.2. The van der Waals surface area contributed by atoms with Gasteiger partial charge in [0, 0.05) is 6.61 Å². The van der Waals surface area contributed by atoms with E-state index in [0.717, 1.165) is 6.54 Å². The molecule has 0 bridgehead atoms. The molecule has 0 rings (SSSR count). The van der Waals surface area contributed by atoms with Crippen molar-refractivity contribution in [1.82, 2.24) is 5.32 Å². The van der Waals surface area contributed by atoms with Gasteiger partial charge in [-0.15, -0.1) is 0 Å². The Morgan fingerprint density at radius 1 is 1.29 bits per heavy atom. The van der Waals surface area contributed by atoms with Gasteiger partial charge in [0.15, 0.2) is 0 Å². The molecule has 0 unspecified atom stereocenters. The summed E-state index contributed by atoms with van der Waals surface area (Å²) in [6, 6.07) is 0. The first-order valence-corrected chi connectivity index (χ1v) is 5.68. The van der Waals surface area contributed by atoms with Gasteiger partial charge in [-0.1, -0.05) is 20.8 Å². The maximum absolute atomic E-state index is 9.28. The topological polar surface area (TPSA) is 58.6 Å². The van der Waals surface area contributed by atoms with Gasteiger partial charge in [0.25, 0.3) is 0 Å². The van der Waals surface area contributed by atoms with Crippen molar-refractivity contribution in [2.24, 2.45) is 0 Å². The first-order valence-electron chi connectivity index (χ1n) is 4.94. The number of hydrogen-bond donors (Lipinski definition) is 2. The highest BCUT2D eigenvalue weighted by Gasteiger charge is 1.65. The van der Waals surface area contributed by atoms with Gasteiger partial charge >= 0.3 is 8.69 Å². The summed E-state index contributed by atoms with van der Waals surface area (Å²) in [5.41, 5.74) is 0. The minimum absolute atomic E-state index is 0.220. The Kier molecular flexibility index (Phi) is 88.0. The highest BCUT2D eigenvalue weighted by atomic mass is 31.1. The lowest BCUT2D eigenvalue weighted by atomic mass is 10.8. The Balaban J connectivity index is -0.0000000505. The van der Waals surface area contributed by atoms with E-state index in [9.17, 15) is 4.57 Å². The molecule has 2 N–H and O–H groups in total. The molecular formula is C9H26NO3P. The van der Waals surface area contributed by atoms with Crippen LogP contribution in [0.2, 0.25) is 0 Å². The lowest BCUT2D eigenvalue weighted by Gasteiger charge is -1.76. The lowest BCUT2D eigenvalue weighted by molar-refractivity contribution is 0.318. The van der Waals surface area contributed by atoms with Crippen LogP contribution in [0.4, 0.5) is 0 Å². The standard InChI is InChI=1S/C3H9N.C2H5O2P.C2H6O.C2H6/c1-3-4-2;1-2-4-5-3;1-2-3;1-2/h4H,3H2,1-2H3;2H2,1H3;3H,2H2,1H3;1-2H3. The van der Waals surface area contributed by atoms with Gasteiger partial charge in [0.05, 0.1) is 6.61 Å². The largest absolute Gasteiger partial charge is 0.397 e. The molecule has 0 atom stereocenters. The summed E-state index contributed by atoms with van der Waals surface area (Å²) in [7, 11) is 1.71. The Bertz CT molecular complexity index is 64.0. The van der Waals surface area contributed by atoms with Crippen LogP contribution in [0.5, 0.6) is 0 Å². The van der Waals surface area contributed by atoms with Crippen LogP contribution in [0.15, 0.2) is 0 Å². The lowest BCUT2D eigenvalue weighted by Crippen LogP contribution is -2.01. The zero-order valence-electron chi connectivity index (χ0n) is 10.3. The van der Waals surface area contributed by atoms with Crippen molar-refractivity contribution in [3.63, 3.8) is 0 Å². The number of aliphatic hydroxyl groups is 1. The van der Waals surface area contributed by atoms with Gasteiger partial charge < -0.3 is 10.4 Å². The predicted molar refractivity (Wildman–Crippen MR) is 62.9 cm³/mol. The molecule has 0 saturated carbocycles. The average molecular weight is 227 g/mol. The van der Waals surface area contributed by atoms with Gasteiger partial charge in [-0.05, 0) is 27.4 Å². The molecule has 0 fully saturated rings. The molecule has 0 aromatic rings. The van der Waals surface area contributed by atoms with Crippen LogP contribution in [0.25, 0.3) is 0 Å². The molecule has 4 nitrogen and oxygen atoms in total. The van der Waals surface area contributed by atoms with E-state index in [2.05, 4.69) is 16.8 Å². The number of rotatable bonds is 3. The first kappa shape index (κ1) is 23.6. The fourth-order valence-corrected chi connectivity index (χ4v) is 0.158. The van der Waals surface area contributed by atoms with E-state index < -0.39 is 0 Å². The van der Waals surface area contributed by atoms with Gasteiger partial charge in [0.1, 0.15) is 0 Å². The van der Waals surface area contributed by atoms with E-state index in [1.54, 1.807) is 13.8 Å². The Morgan fingerprint density at radius 3 is 1.57 bits per heavy atom. The third-order valence-corrected chi connectivity index (χ3v) is 0.899. The van der Waals surface area contributed by atoms with Crippen LogP contribution < -0.4 is 5.32 Å². The van der Waals surface area contributed by atoms with E-state index in [1.807, 2.05) is 20.9 Å². The molecule has 0 aromatic heterocycles. The van der Waals surface area contributed by atoms with Crippen LogP contribution in [0.1, 0.15) is 34.6 Å². The molecule has 14 heavy (non-hydrogen) atoms. The number of nitrogens with one attached hydrogen (secondary N) is 1. The van der Waals surface area contributed by atoms with Gasteiger partial charge in [-0.2, -0.15) is 0 Å². The second kappa shape index (κ2) is 52.1. The number of hydrogen-bond acceptors (Lipinski definition) is 4. The van der Waals surface area contributed by atoms with Gasteiger partial charge in [0.2, 0.25) is 0 Å². The molecular weight excluding hydrogens is 201 g/mol. The predicted octanol–water partition coefficient (Wildman–Crippen LogP) is 2.48. The van der Waals surface area contributed by atoms with Crippen LogP contribution >= 0.6 is 8.69 Å². The summed E-state index contributed by atoms with van der Waals surface area (Å²) in [4.78, 5) is 0.